The van der Waals surface area contributed by atoms with E-state index in [0.717, 1.165) is 16.8 Å². The van der Waals surface area contributed by atoms with Gasteiger partial charge >= 0.3 is 0 Å². The van der Waals surface area contributed by atoms with E-state index in [0.29, 0.717) is 12.8 Å². The lowest BCUT2D eigenvalue weighted by molar-refractivity contribution is -0.117. The first-order chi connectivity index (χ1) is 7.66. The van der Waals surface area contributed by atoms with E-state index in [-0.39, 0.29) is 11.5 Å². The molecule has 0 saturated carbocycles. The predicted molar refractivity (Wildman–Crippen MR) is 61.9 cm³/mol. The van der Waals surface area contributed by atoms with Crippen LogP contribution in [-0.4, -0.2) is 15.9 Å². The van der Waals surface area contributed by atoms with Gasteiger partial charge in [-0.15, -0.1) is 0 Å². The molecule has 1 aromatic heterocycles. The summed E-state index contributed by atoms with van der Waals surface area (Å²) >= 11 is 0. The van der Waals surface area contributed by atoms with Crippen molar-refractivity contribution in [3.63, 3.8) is 0 Å². The molecule has 82 valence electrons. The Labute approximate surface area is 94.1 Å². The van der Waals surface area contributed by atoms with Crippen molar-refractivity contribution < 1.29 is 9.90 Å². The minimum Gasteiger partial charge on any atom is -0.504 e. The van der Waals surface area contributed by atoms with E-state index in [1.807, 2.05) is 25.1 Å². The summed E-state index contributed by atoms with van der Waals surface area (Å²) < 4.78 is 0. The van der Waals surface area contributed by atoms with Gasteiger partial charge in [0.1, 0.15) is 0 Å². The smallest absolute Gasteiger partial charge is 0.197 e. The van der Waals surface area contributed by atoms with Gasteiger partial charge in [-0.25, -0.2) is 0 Å². The summed E-state index contributed by atoms with van der Waals surface area (Å²) in [6.07, 6.45) is 6.48. The van der Waals surface area contributed by atoms with Gasteiger partial charge in [-0.3, -0.25) is 9.78 Å². The van der Waals surface area contributed by atoms with Crippen molar-refractivity contribution in [2.24, 2.45) is 0 Å². The molecule has 0 unspecified atom stereocenters. The Morgan fingerprint density at radius 1 is 1.38 bits per heavy atom. The van der Waals surface area contributed by atoms with Gasteiger partial charge in [-0.05, 0) is 36.6 Å². The topological polar surface area (TPSA) is 50.2 Å². The van der Waals surface area contributed by atoms with Crippen LogP contribution in [0.15, 0.2) is 35.7 Å². The van der Waals surface area contributed by atoms with Crippen LogP contribution >= 0.6 is 0 Å². The molecule has 1 aliphatic rings. The summed E-state index contributed by atoms with van der Waals surface area (Å²) in [6, 6.07) is 3.84. The van der Waals surface area contributed by atoms with E-state index in [9.17, 15) is 9.90 Å². The molecule has 3 heteroatoms. The van der Waals surface area contributed by atoms with Crippen LogP contribution in [0, 0.1) is 6.92 Å². The number of Topliss-reactive ketones (excluding diaryl/α,β-unsaturated/α-hetero) is 1. The van der Waals surface area contributed by atoms with Crippen molar-refractivity contribution in [2.45, 2.75) is 19.8 Å². The van der Waals surface area contributed by atoms with Crippen molar-refractivity contribution >= 4 is 11.9 Å². The highest BCUT2D eigenvalue weighted by Crippen LogP contribution is 2.22. The molecule has 0 atom stereocenters. The Balaban J connectivity index is 2.19. The zero-order chi connectivity index (χ0) is 11.5. The Morgan fingerprint density at radius 2 is 2.19 bits per heavy atom. The molecule has 1 heterocycles. The Hall–Kier alpha value is -1.90. The maximum Gasteiger partial charge on any atom is 0.197 e. The van der Waals surface area contributed by atoms with Crippen LogP contribution in [0.4, 0.5) is 0 Å². The summed E-state index contributed by atoms with van der Waals surface area (Å²) in [7, 11) is 0. The van der Waals surface area contributed by atoms with Gasteiger partial charge in [0, 0.05) is 18.3 Å². The second-order valence-electron chi connectivity index (χ2n) is 3.86. The lowest BCUT2D eigenvalue weighted by Crippen LogP contribution is -1.93. The second kappa shape index (κ2) is 4.31. The molecule has 0 amide bonds. The average Bonchev–Trinajstić information content (AvgIpc) is 2.57. The van der Waals surface area contributed by atoms with Crippen LogP contribution in [0.25, 0.3) is 6.08 Å². The normalized spacial score (nSPS) is 16.4. The summed E-state index contributed by atoms with van der Waals surface area (Å²) in [4.78, 5) is 15.2. The van der Waals surface area contributed by atoms with E-state index < -0.39 is 0 Å². The van der Waals surface area contributed by atoms with Crippen molar-refractivity contribution in [1.82, 2.24) is 4.98 Å². The summed E-state index contributed by atoms with van der Waals surface area (Å²) in [6.45, 7) is 1.92. The molecule has 3 nitrogen and oxygen atoms in total. The third kappa shape index (κ3) is 2.19. The summed E-state index contributed by atoms with van der Waals surface area (Å²) in [5.41, 5.74) is 2.69. The first kappa shape index (κ1) is 10.6. The van der Waals surface area contributed by atoms with Crippen molar-refractivity contribution in [2.75, 3.05) is 0 Å². The number of carbonyl (C=O) groups is 1. The molecule has 0 saturated heterocycles. The molecule has 0 fully saturated rings. The molecule has 0 aromatic carbocycles. The van der Waals surface area contributed by atoms with Crippen molar-refractivity contribution in [3.05, 3.63) is 47.0 Å². The molecule has 0 spiro atoms. The average molecular weight is 215 g/mol. The number of allylic oxidation sites excluding steroid dienone is 3. The minimum atomic E-state index is -0.162. The van der Waals surface area contributed by atoms with Gasteiger partial charge in [-0.2, -0.15) is 0 Å². The number of rotatable bonds is 2. The zero-order valence-electron chi connectivity index (χ0n) is 9.10. The molecule has 0 aliphatic heterocycles. The Bertz CT molecular complexity index is 486. The molecule has 0 bridgehead atoms. The minimum absolute atomic E-state index is 0.0815. The van der Waals surface area contributed by atoms with Crippen molar-refractivity contribution in [3.8, 4) is 0 Å². The second-order valence-corrected chi connectivity index (χ2v) is 3.86. The number of carbonyl (C=O) groups excluding carboxylic acids is 1. The number of hydrogen-bond donors (Lipinski definition) is 1. The third-order valence-electron chi connectivity index (χ3n) is 2.59. The highest BCUT2D eigenvalue weighted by molar-refractivity contribution is 5.97. The van der Waals surface area contributed by atoms with Crippen LogP contribution in [0.5, 0.6) is 0 Å². The molecule has 1 aromatic rings. The van der Waals surface area contributed by atoms with E-state index in [1.165, 1.54) is 0 Å². The quantitative estimate of drug-likeness (QED) is 0.824. The number of nitrogens with zero attached hydrogens (tertiary/aromatic N) is 1. The SMILES string of the molecule is Cc1cc(/C=C/C2=C(O)C(=O)CC2)ccn1. The van der Waals surface area contributed by atoms with E-state index in [4.69, 9.17) is 0 Å². The molecule has 1 aliphatic carbocycles. The van der Waals surface area contributed by atoms with Gasteiger partial charge in [0.05, 0.1) is 0 Å². The van der Waals surface area contributed by atoms with E-state index in [1.54, 1.807) is 12.3 Å². The fraction of sp³-hybridized carbons (Fsp3) is 0.231. The maximum absolute atomic E-state index is 11.1. The molecule has 0 radical (unpaired) electrons. The monoisotopic (exact) mass is 215 g/mol. The first-order valence-corrected chi connectivity index (χ1v) is 5.23. The van der Waals surface area contributed by atoms with Crippen molar-refractivity contribution in [1.29, 1.82) is 0 Å². The largest absolute Gasteiger partial charge is 0.504 e. The Morgan fingerprint density at radius 3 is 2.81 bits per heavy atom. The number of aliphatic hydroxyl groups is 1. The maximum atomic E-state index is 11.1. The van der Waals surface area contributed by atoms with Crippen LogP contribution in [0.2, 0.25) is 0 Å². The molecular weight excluding hydrogens is 202 g/mol. The molecule has 16 heavy (non-hydrogen) atoms. The fourth-order valence-corrected chi connectivity index (χ4v) is 1.69. The van der Waals surface area contributed by atoms with E-state index >= 15 is 0 Å². The van der Waals surface area contributed by atoms with Crippen LogP contribution < -0.4 is 0 Å². The van der Waals surface area contributed by atoms with Crippen LogP contribution in [0.1, 0.15) is 24.1 Å². The Kier molecular flexibility index (Phi) is 2.86. The number of pyridine rings is 1. The highest BCUT2D eigenvalue weighted by atomic mass is 16.3. The standard InChI is InChI=1S/C13H13NO2/c1-9-8-10(6-7-14-9)2-3-11-4-5-12(15)13(11)16/h2-3,6-8,16H,4-5H2,1H3/b3-2+. The van der Waals surface area contributed by atoms with E-state index in [2.05, 4.69) is 4.98 Å². The number of aliphatic hydroxyl groups excluding tert-OH is 1. The lowest BCUT2D eigenvalue weighted by atomic mass is 10.1. The van der Waals surface area contributed by atoms with Gasteiger partial charge in [-0.1, -0.05) is 12.2 Å². The molecular formula is C13H13NO2. The summed E-state index contributed by atoms with van der Waals surface area (Å²) in [5, 5.41) is 9.46. The number of aryl methyl sites for hydroxylation is 1. The number of aromatic nitrogens is 1. The van der Waals surface area contributed by atoms with Gasteiger partial charge in [0.2, 0.25) is 0 Å². The van der Waals surface area contributed by atoms with Crippen LogP contribution in [0.3, 0.4) is 0 Å². The molecule has 1 N–H and O–H groups in total. The third-order valence-corrected chi connectivity index (χ3v) is 2.59. The molecule has 2 rings (SSSR count). The number of ketones is 1. The highest BCUT2D eigenvalue weighted by Gasteiger charge is 2.19. The van der Waals surface area contributed by atoms with Crippen LogP contribution in [-0.2, 0) is 4.79 Å². The van der Waals surface area contributed by atoms with Gasteiger partial charge in [0.25, 0.3) is 0 Å². The summed E-state index contributed by atoms with van der Waals surface area (Å²) in [5.74, 6) is -0.243. The van der Waals surface area contributed by atoms with Gasteiger partial charge < -0.3 is 5.11 Å². The number of hydrogen-bond acceptors (Lipinski definition) is 3. The predicted octanol–water partition coefficient (Wildman–Crippen LogP) is 2.58. The lowest BCUT2D eigenvalue weighted by Gasteiger charge is -1.96. The first-order valence-electron chi connectivity index (χ1n) is 5.23. The fourth-order valence-electron chi connectivity index (χ4n) is 1.69. The zero-order valence-corrected chi connectivity index (χ0v) is 9.10. The van der Waals surface area contributed by atoms with Gasteiger partial charge in [0.15, 0.2) is 11.5 Å².